The van der Waals surface area contributed by atoms with E-state index in [1.165, 1.54) is 33.5 Å². The maximum absolute atomic E-state index is 13.0. The maximum Gasteiger partial charge on any atom is 0.263 e. The van der Waals surface area contributed by atoms with Crippen LogP contribution in [0.4, 0.5) is 5.82 Å². The summed E-state index contributed by atoms with van der Waals surface area (Å²) in [4.78, 5) is -0.0471. The molecule has 31 heavy (non-hydrogen) atoms. The van der Waals surface area contributed by atoms with Crippen LogP contribution in [0, 0.1) is 0 Å². The first-order valence-corrected chi connectivity index (χ1v) is 10.6. The van der Waals surface area contributed by atoms with Crippen molar-refractivity contribution in [1.82, 2.24) is 14.9 Å². The Morgan fingerprint density at radius 3 is 2.39 bits per heavy atom. The van der Waals surface area contributed by atoms with Crippen molar-refractivity contribution in [2.24, 2.45) is 0 Å². The van der Waals surface area contributed by atoms with Gasteiger partial charge in [-0.3, -0.25) is 9.40 Å². The first kappa shape index (κ1) is 20.5. The Balaban J connectivity index is 1.71. The molecule has 0 aliphatic carbocycles. The number of anilines is 1. The zero-order valence-corrected chi connectivity index (χ0v) is 17.8. The number of hydrogen-bond donors (Lipinski definition) is 1. The summed E-state index contributed by atoms with van der Waals surface area (Å²) in [5, 5.41) is 8.50. The van der Waals surface area contributed by atoms with Crippen LogP contribution in [0.15, 0.2) is 58.2 Å². The van der Waals surface area contributed by atoms with E-state index in [1.54, 1.807) is 29.1 Å². The zero-order chi connectivity index (χ0) is 22.0. The number of sulfonamides is 1. The Morgan fingerprint density at radius 1 is 1.03 bits per heavy atom. The lowest BCUT2D eigenvalue weighted by Gasteiger charge is -2.11. The van der Waals surface area contributed by atoms with Crippen LogP contribution < -0.4 is 18.9 Å². The van der Waals surface area contributed by atoms with Gasteiger partial charge in [0.1, 0.15) is 22.6 Å². The average molecular weight is 444 g/mol. The number of ether oxygens (including phenoxy) is 3. The molecule has 0 aliphatic heterocycles. The van der Waals surface area contributed by atoms with Crippen molar-refractivity contribution >= 4 is 26.8 Å². The van der Waals surface area contributed by atoms with Crippen LogP contribution in [0.25, 0.3) is 11.0 Å². The monoisotopic (exact) mass is 444 g/mol. The molecule has 0 aliphatic rings. The second kappa shape index (κ2) is 8.19. The van der Waals surface area contributed by atoms with Crippen LogP contribution in [0.5, 0.6) is 17.2 Å². The third-order valence-electron chi connectivity index (χ3n) is 4.59. The molecule has 0 spiro atoms. The number of nitrogens with one attached hydrogen (secondary N) is 1. The van der Waals surface area contributed by atoms with E-state index in [9.17, 15) is 8.42 Å². The molecule has 11 heteroatoms. The lowest BCUT2D eigenvalue weighted by atomic mass is 10.1. The summed E-state index contributed by atoms with van der Waals surface area (Å²) in [5.41, 5.74) is 1.23. The third-order valence-corrected chi connectivity index (χ3v) is 5.91. The second-order valence-corrected chi connectivity index (χ2v) is 8.24. The zero-order valence-electron chi connectivity index (χ0n) is 17.0. The van der Waals surface area contributed by atoms with Crippen molar-refractivity contribution in [3.8, 4) is 17.2 Å². The number of nitrogens with zero attached hydrogens (tertiary/aromatic N) is 3. The van der Waals surface area contributed by atoms with Crippen LogP contribution in [0.1, 0.15) is 5.56 Å². The highest BCUT2D eigenvalue weighted by molar-refractivity contribution is 7.92. The normalized spacial score (nSPS) is 11.5. The van der Waals surface area contributed by atoms with Gasteiger partial charge in [-0.05, 0) is 23.8 Å². The van der Waals surface area contributed by atoms with E-state index in [4.69, 9.17) is 18.7 Å². The number of fused-ring (bicyclic) bond motifs is 1. The number of benzene rings is 2. The number of rotatable bonds is 8. The highest BCUT2D eigenvalue weighted by Crippen LogP contribution is 2.35. The summed E-state index contributed by atoms with van der Waals surface area (Å²) in [7, 11) is 0.352. The van der Waals surface area contributed by atoms with E-state index in [1.807, 2.05) is 12.3 Å². The quantitative estimate of drug-likeness (QED) is 0.441. The molecule has 0 saturated heterocycles. The first-order valence-electron chi connectivity index (χ1n) is 9.13. The van der Waals surface area contributed by atoms with Gasteiger partial charge in [-0.25, -0.2) is 8.42 Å². The molecule has 0 atom stereocenters. The fourth-order valence-corrected chi connectivity index (χ4v) is 4.17. The number of hydrogen-bond acceptors (Lipinski definition) is 8. The van der Waals surface area contributed by atoms with E-state index in [-0.39, 0.29) is 10.7 Å². The Kier molecular flexibility index (Phi) is 5.42. The predicted octanol–water partition coefficient (Wildman–Crippen LogP) is 2.90. The van der Waals surface area contributed by atoms with Crippen LogP contribution in [0.3, 0.4) is 0 Å². The second-order valence-electron chi connectivity index (χ2n) is 6.56. The summed E-state index contributed by atoms with van der Waals surface area (Å²) >= 11 is 0. The minimum absolute atomic E-state index is 0.0132. The van der Waals surface area contributed by atoms with Gasteiger partial charge in [0.25, 0.3) is 10.0 Å². The minimum Gasteiger partial charge on any atom is -0.497 e. The molecule has 0 saturated carbocycles. The summed E-state index contributed by atoms with van der Waals surface area (Å²) in [5.74, 6) is 1.11. The van der Waals surface area contributed by atoms with E-state index in [0.717, 1.165) is 5.56 Å². The Morgan fingerprint density at radius 2 is 1.77 bits per heavy atom. The lowest BCUT2D eigenvalue weighted by molar-refractivity contribution is 0.392. The van der Waals surface area contributed by atoms with Gasteiger partial charge in [-0.2, -0.15) is 5.10 Å². The summed E-state index contributed by atoms with van der Waals surface area (Å²) in [6.07, 6.45) is 3.52. The van der Waals surface area contributed by atoms with Gasteiger partial charge < -0.3 is 18.7 Å². The van der Waals surface area contributed by atoms with Crippen molar-refractivity contribution in [2.45, 2.75) is 11.4 Å². The van der Waals surface area contributed by atoms with Gasteiger partial charge >= 0.3 is 0 Å². The number of methoxy groups -OCH3 is 3. The Labute approximate surface area is 178 Å². The van der Waals surface area contributed by atoms with Crippen LogP contribution in [0.2, 0.25) is 0 Å². The molecule has 2 aromatic heterocycles. The van der Waals surface area contributed by atoms with Crippen molar-refractivity contribution in [3.63, 3.8) is 0 Å². The largest absolute Gasteiger partial charge is 0.497 e. The van der Waals surface area contributed by atoms with Crippen LogP contribution in [-0.2, 0) is 16.6 Å². The van der Waals surface area contributed by atoms with Gasteiger partial charge in [0, 0.05) is 30.6 Å². The van der Waals surface area contributed by atoms with E-state index in [0.29, 0.717) is 34.8 Å². The molecule has 1 N–H and O–H groups in total. The molecule has 10 nitrogen and oxygen atoms in total. The van der Waals surface area contributed by atoms with Gasteiger partial charge in [-0.1, -0.05) is 5.16 Å². The van der Waals surface area contributed by atoms with Gasteiger partial charge in [0.15, 0.2) is 11.4 Å². The van der Waals surface area contributed by atoms with Crippen molar-refractivity contribution in [1.29, 1.82) is 0 Å². The molecule has 0 bridgehead atoms. The van der Waals surface area contributed by atoms with Gasteiger partial charge in [0.05, 0.1) is 32.8 Å². The van der Waals surface area contributed by atoms with Gasteiger partial charge in [0.2, 0.25) is 0 Å². The topological polar surface area (TPSA) is 118 Å². The molecule has 2 heterocycles. The standard InChI is InChI=1S/C20H20N4O6S/c1-27-14-9-15(28-2)11-16(10-14)31(25,26)23-20-19-17(29-3)7-13(8-18(19)30-22-20)12-24-6-4-5-21-24/h4-11H,12H2,1-3H3,(H,22,23). The van der Waals surface area contributed by atoms with E-state index in [2.05, 4.69) is 15.0 Å². The maximum atomic E-state index is 13.0. The number of aromatic nitrogens is 3. The molecule has 0 unspecified atom stereocenters. The molecular weight excluding hydrogens is 424 g/mol. The minimum atomic E-state index is -4.02. The molecule has 2 aromatic carbocycles. The molecule has 162 valence electrons. The van der Waals surface area contributed by atoms with Crippen molar-refractivity contribution in [3.05, 3.63) is 54.4 Å². The van der Waals surface area contributed by atoms with E-state index < -0.39 is 10.0 Å². The highest BCUT2D eigenvalue weighted by atomic mass is 32.2. The molecule has 0 radical (unpaired) electrons. The molecule has 4 rings (SSSR count). The molecular formula is C20H20N4O6S. The van der Waals surface area contributed by atoms with Gasteiger partial charge in [-0.15, -0.1) is 0 Å². The van der Waals surface area contributed by atoms with Crippen LogP contribution in [-0.4, -0.2) is 44.7 Å². The fourth-order valence-electron chi connectivity index (χ4n) is 3.12. The van der Waals surface area contributed by atoms with Crippen molar-refractivity contribution in [2.75, 3.05) is 26.1 Å². The summed E-state index contributed by atoms with van der Waals surface area (Å²) in [6, 6.07) is 9.71. The summed E-state index contributed by atoms with van der Waals surface area (Å²) in [6.45, 7) is 0.491. The van der Waals surface area contributed by atoms with Crippen molar-refractivity contribution < 1.29 is 27.2 Å². The predicted molar refractivity (Wildman–Crippen MR) is 112 cm³/mol. The molecule has 0 fully saturated rings. The Bertz CT molecular complexity index is 1290. The third kappa shape index (κ3) is 4.12. The van der Waals surface area contributed by atoms with E-state index >= 15 is 0 Å². The molecule has 0 amide bonds. The molecule has 4 aromatic rings. The average Bonchev–Trinajstić information content (AvgIpc) is 3.42. The first-order chi connectivity index (χ1) is 14.9. The highest BCUT2D eigenvalue weighted by Gasteiger charge is 2.23. The van der Waals surface area contributed by atoms with Crippen LogP contribution >= 0.6 is 0 Å². The summed E-state index contributed by atoms with van der Waals surface area (Å²) < 4.78 is 51.4. The smallest absolute Gasteiger partial charge is 0.263 e. The SMILES string of the molecule is COc1cc(OC)cc(S(=O)(=O)Nc2noc3cc(Cn4cccn4)cc(OC)c23)c1. The fraction of sp³-hybridized carbons (Fsp3) is 0.200. The lowest BCUT2D eigenvalue weighted by Crippen LogP contribution is -2.14. The Hall–Kier alpha value is -3.73.